The van der Waals surface area contributed by atoms with Gasteiger partial charge in [0.05, 0.1) is 12.8 Å². The lowest BCUT2D eigenvalue weighted by Gasteiger charge is -2.28. The number of aliphatic hydroxyl groups is 2. The topological polar surface area (TPSA) is 132 Å². The van der Waals surface area contributed by atoms with Gasteiger partial charge in [-0.1, -0.05) is 11.6 Å². The molecule has 9 heteroatoms. The van der Waals surface area contributed by atoms with E-state index in [4.69, 9.17) is 27.3 Å². The van der Waals surface area contributed by atoms with E-state index in [0.717, 1.165) is 4.90 Å². The number of nitriles is 1. The second kappa shape index (κ2) is 4.71. The van der Waals surface area contributed by atoms with E-state index in [1.807, 2.05) is 0 Å². The molecule has 0 radical (unpaired) electrons. The average molecular weight is 287 g/mol. The molecule has 19 heavy (non-hydrogen) atoms. The van der Waals surface area contributed by atoms with Crippen LogP contribution in [-0.4, -0.2) is 45.6 Å². The summed E-state index contributed by atoms with van der Waals surface area (Å²) in [6.07, 6.45) is 0.572. The van der Waals surface area contributed by atoms with Crippen LogP contribution < -0.4 is 11.1 Å². The Labute approximate surface area is 113 Å². The van der Waals surface area contributed by atoms with Crippen LogP contribution in [0.25, 0.3) is 0 Å². The van der Waals surface area contributed by atoms with Crippen molar-refractivity contribution in [1.82, 2.24) is 10.2 Å². The summed E-state index contributed by atoms with van der Waals surface area (Å²) < 4.78 is 5.18. The zero-order chi connectivity index (χ0) is 14.2. The first kappa shape index (κ1) is 13.6. The highest BCUT2D eigenvalue weighted by molar-refractivity contribution is 6.30. The highest BCUT2D eigenvalue weighted by Gasteiger charge is 2.51. The third-order valence-corrected chi connectivity index (χ3v) is 3.13. The van der Waals surface area contributed by atoms with E-state index in [9.17, 15) is 15.0 Å². The quantitative estimate of drug-likeness (QED) is 0.507. The van der Waals surface area contributed by atoms with Gasteiger partial charge in [0.2, 0.25) is 11.5 Å². The number of aliphatic hydroxyl groups excluding tert-OH is 2. The van der Waals surface area contributed by atoms with Crippen LogP contribution in [-0.2, 0) is 4.74 Å². The molecule has 2 amide bonds. The zero-order valence-electron chi connectivity index (χ0n) is 9.58. The first-order valence-electron chi connectivity index (χ1n) is 5.27. The normalized spacial score (nSPS) is 34.1. The van der Waals surface area contributed by atoms with Gasteiger partial charge in [0.15, 0.2) is 6.10 Å². The summed E-state index contributed by atoms with van der Waals surface area (Å²) in [5, 5.41) is 30.2. The molecule has 0 aromatic carbocycles. The summed E-state index contributed by atoms with van der Waals surface area (Å²) in [6, 6.07) is 1.02. The third-order valence-electron chi connectivity index (χ3n) is 2.76. The Morgan fingerprint density at radius 2 is 2.42 bits per heavy atom. The number of halogens is 1. The minimum Gasteiger partial charge on any atom is -0.450 e. The SMILES string of the molecule is N#C[C@]1(CO)OC(N2C=CC(N)NC2=O)=C(Cl)[C@@H]1O. The fourth-order valence-electron chi connectivity index (χ4n) is 1.67. The van der Waals surface area contributed by atoms with Gasteiger partial charge in [0.1, 0.15) is 11.1 Å². The highest BCUT2D eigenvalue weighted by atomic mass is 35.5. The van der Waals surface area contributed by atoms with E-state index in [1.165, 1.54) is 12.3 Å². The van der Waals surface area contributed by atoms with Crippen molar-refractivity contribution in [3.63, 3.8) is 0 Å². The predicted molar refractivity (Wildman–Crippen MR) is 62.9 cm³/mol. The molecule has 3 atom stereocenters. The fourth-order valence-corrected chi connectivity index (χ4v) is 1.97. The summed E-state index contributed by atoms with van der Waals surface area (Å²) in [5.74, 6) is -0.217. The van der Waals surface area contributed by atoms with Gasteiger partial charge < -0.3 is 26.0 Å². The largest absolute Gasteiger partial charge is 0.450 e. The van der Waals surface area contributed by atoms with Crippen molar-refractivity contribution >= 4 is 17.6 Å². The van der Waals surface area contributed by atoms with Crippen LogP contribution in [0.5, 0.6) is 0 Å². The van der Waals surface area contributed by atoms with E-state index in [2.05, 4.69) is 5.32 Å². The molecule has 0 saturated carbocycles. The molecule has 1 unspecified atom stereocenters. The Morgan fingerprint density at radius 3 is 2.89 bits per heavy atom. The molecule has 2 rings (SSSR count). The van der Waals surface area contributed by atoms with Crippen LogP contribution in [0.4, 0.5) is 4.79 Å². The van der Waals surface area contributed by atoms with E-state index in [1.54, 1.807) is 6.07 Å². The van der Waals surface area contributed by atoms with Crippen molar-refractivity contribution in [1.29, 1.82) is 5.26 Å². The average Bonchev–Trinajstić information content (AvgIpc) is 2.64. The Balaban J connectivity index is 2.34. The van der Waals surface area contributed by atoms with Crippen molar-refractivity contribution in [3.05, 3.63) is 23.2 Å². The fraction of sp³-hybridized carbons (Fsp3) is 0.400. The van der Waals surface area contributed by atoms with Crippen molar-refractivity contribution in [3.8, 4) is 6.07 Å². The lowest BCUT2D eigenvalue weighted by atomic mass is 10.0. The minimum atomic E-state index is -1.92. The van der Waals surface area contributed by atoms with Gasteiger partial charge >= 0.3 is 6.03 Å². The lowest BCUT2D eigenvalue weighted by Crippen LogP contribution is -2.49. The van der Waals surface area contributed by atoms with Gasteiger partial charge in [-0.3, -0.25) is 0 Å². The molecule has 0 aliphatic carbocycles. The Kier molecular flexibility index (Phi) is 3.38. The van der Waals surface area contributed by atoms with Crippen LogP contribution >= 0.6 is 11.6 Å². The zero-order valence-corrected chi connectivity index (χ0v) is 10.3. The number of carbonyl (C=O) groups excluding carboxylic acids is 1. The number of hydrogen-bond donors (Lipinski definition) is 4. The van der Waals surface area contributed by atoms with E-state index < -0.39 is 30.5 Å². The first-order chi connectivity index (χ1) is 8.95. The van der Waals surface area contributed by atoms with Gasteiger partial charge in [-0.25, -0.2) is 9.69 Å². The van der Waals surface area contributed by atoms with Crippen LogP contribution in [0.1, 0.15) is 0 Å². The van der Waals surface area contributed by atoms with Crippen molar-refractivity contribution < 1.29 is 19.7 Å². The molecule has 0 bridgehead atoms. The molecule has 0 fully saturated rings. The van der Waals surface area contributed by atoms with Crippen molar-refractivity contribution in [2.75, 3.05) is 6.61 Å². The van der Waals surface area contributed by atoms with Crippen LogP contribution in [0.15, 0.2) is 23.2 Å². The molecule has 2 aliphatic heterocycles. The molecule has 0 aromatic rings. The Hall–Kier alpha value is -1.79. The molecule has 102 valence electrons. The predicted octanol–water partition coefficient (Wildman–Crippen LogP) is -1.14. The first-order valence-corrected chi connectivity index (χ1v) is 5.65. The highest BCUT2D eigenvalue weighted by Crippen LogP contribution is 2.38. The number of nitrogens with one attached hydrogen (secondary N) is 1. The number of urea groups is 1. The summed E-state index contributed by atoms with van der Waals surface area (Å²) in [4.78, 5) is 12.7. The lowest BCUT2D eigenvalue weighted by molar-refractivity contribution is -0.0533. The molecule has 0 saturated heterocycles. The Morgan fingerprint density at radius 1 is 1.74 bits per heavy atom. The van der Waals surface area contributed by atoms with E-state index in [0.29, 0.717) is 0 Å². The van der Waals surface area contributed by atoms with Gasteiger partial charge in [-0.15, -0.1) is 0 Å². The summed E-state index contributed by atoms with van der Waals surface area (Å²) in [6.45, 7) is -0.775. The number of amides is 2. The second-order valence-electron chi connectivity index (χ2n) is 4.00. The Bertz CT molecular complexity index is 514. The van der Waals surface area contributed by atoms with Gasteiger partial charge in [-0.05, 0) is 6.08 Å². The molecule has 2 heterocycles. The van der Waals surface area contributed by atoms with E-state index >= 15 is 0 Å². The second-order valence-corrected chi connectivity index (χ2v) is 4.41. The number of hydrogen-bond acceptors (Lipinski definition) is 6. The molecular weight excluding hydrogens is 276 g/mol. The molecule has 8 nitrogen and oxygen atoms in total. The smallest absolute Gasteiger partial charge is 0.329 e. The van der Waals surface area contributed by atoms with Gasteiger partial charge in [0, 0.05) is 6.20 Å². The van der Waals surface area contributed by atoms with Gasteiger partial charge in [-0.2, -0.15) is 5.26 Å². The third kappa shape index (κ3) is 2.02. The minimum absolute atomic E-state index is 0.217. The summed E-state index contributed by atoms with van der Waals surface area (Å²) in [7, 11) is 0. The van der Waals surface area contributed by atoms with Gasteiger partial charge in [0.25, 0.3) is 0 Å². The van der Waals surface area contributed by atoms with Crippen LogP contribution in [0.2, 0.25) is 0 Å². The number of rotatable bonds is 2. The maximum Gasteiger partial charge on any atom is 0.329 e. The molecule has 0 aromatic heterocycles. The van der Waals surface area contributed by atoms with Crippen LogP contribution in [0, 0.1) is 11.3 Å². The summed E-state index contributed by atoms with van der Waals surface area (Å²) in [5.41, 5.74) is 3.56. The molecule has 5 N–H and O–H groups in total. The van der Waals surface area contributed by atoms with Crippen LogP contribution in [0.3, 0.4) is 0 Å². The maximum atomic E-state index is 11.7. The number of nitrogens with two attached hydrogens (primary N) is 1. The maximum absolute atomic E-state index is 11.7. The number of nitrogens with zero attached hydrogens (tertiary/aromatic N) is 2. The molecular formula is C10H11ClN4O4. The monoisotopic (exact) mass is 286 g/mol. The number of ether oxygens (including phenoxy) is 1. The van der Waals surface area contributed by atoms with Crippen molar-refractivity contribution in [2.24, 2.45) is 5.73 Å². The molecule has 0 spiro atoms. The summed E-state index contributed by atoms with van der Waals surface area (Å²) >= 11 is 5.86. The van der Waals surface area contributed by atoms with Crippen molar-refractivity contribution in [2.45, 2.75) is 17.9 Å². The molecule has 2 aliphatic rings. The van der Waals surface area contributed by atoms with E-state index in [-0.39, 0.29) is 10.9 Å². The standard InChI is InChI=1S/C10H11ClN4O4/c11-6-7(17)10(3-12,4-16)19-8(6)15-2-1-5(13)14-9(15)18/h1-2,5,7,16-17H,4,13H2,(H,14,18)/t5?,7-,10+/m0/s1. The number of carbonyl (C=O) groups is 1.